The fraction of sp³-hybridized carbons (Fsp3) is 0.0870. The zero-order chi connectivity index (χ0) is 24.4. The van der Waals surface area contributed by atoms with Crippen molar-refractivity contribution >= 4 is 17.6 Å². The van der Waals surface area contributed by atoms with E-state index in [1.807, 2.05) is 0 Å². The summed E-state index contributed by atoms with van der Waals surface area (Å²) in [5, 5.41) is 0. The highest BCUT2D eigenvalue weighted by molar-refractivity contribution is 6.24. The minimum absolute atomic E-state index is 0.00913. The highest BCUT2D eigenvalue weighted by atomic mass is 19.4. The van der Waals surface area contributed by atoms with Gasteiger partial charge in [-0.05, 0) is 36.4 Å². The number of primary amides is 1. The first-order valence-corrected chi connectivity index (χ1v) is 9.10. The Morgan fingerprint density at radius 3 is 2.12 bits per heavy atom. The first-order chi connectivity index (χ1) is 15.4. The number of carbonyl (C=O) groups excluding carboxylic acids is 1. The minimum Gasteiger partial charge on any atom is -0.366 e. The quantitative estimate of drug-likeness (QED) is 0.330. The number of rotatable bonds is 4. The molecular formula is C23H13F6N3O. The largest absolute Gasteiger partial charge is 0.416 e. The van der Waals surface area contributed by atoms with Crippen LogP contribution in [-0.4, -0.2) is 15.9 Å². The second-order valence-corrected chi connectivity index (χ2v) is 6.71. The van der Waals surface area contributed by atoms with Crippen molar-refractivity contribution in [3.63, 3.8) is 0 Å². The van der Waals surface area contributed by atoms with Crippen LogP contribution in [0.3, 0.4) is 0 Å². The third kappa shape index (κ3) is 5.38. The zero-order valence-corrected chi connectivity index (χ0v) is 16.5. The Balaban J connectivity index is 2.16. The van der Waals surface area contributed by atoms with Gasteiger partial charge >= 0.3 is 12.4 Å². The molecule has 2 N–H and O–H groups in total. The number of carbonyl (C=O) groups is 1. The molecule has 0 aliphatic heterocycles. The minimum atomic E-state index is -5.02. The number of hydrogen-bond acceptors (Lipinski definition) is 3. The van der Waals surface area contributed by atoms with Crippen LogP contribution in [0.15, 0.2) is 54.7 Å². The molecule has 0 atom stereocenters. The van der Waals surface area contributed by atoms with Crippen molar-refractivity contribution in [2.24, 2.45) is 5.73 Å². The van der Waals surface area contributed by atoms with Crippen molar-refractivity contribution in [1.82, 2.24) is 9.97 Å². The van der Waals surface area contributed by atoms with E-state index in [1.165, 1.54) is 18.2 Å². The van der Waals surface area contributed by atoms with Gasteiger partial charge in [-0.3, -0.25) is 4.79 Å². The standard InChI is InChI=1S/C23H13F6N3O/c1-2-13-5-3-4-6-18(13)19(20(30)33)12-17-7-8-31-21(32-17)14-9-15(22(24,25)26)11-16(10-14)23(27,28)29/h1,3-12H,(H2,30,33)/b19-12+. The average molecular weight is 461 g/mol. The molecule has 0 unspecified atom stereocenters. The van der Waals surface area contributed by atoms with Gasteiger partial charge in [0.05, 0.1) is 16.8 Å². The van der Waals surface area contributed by atoms with E-state index in [9.17, 15) is 31.1 Å². The highest BCUT2D eigenvalue weighted by Gasteiger charge is 2.37. The summed E-state index contributed by atoms with van der Waals surface area (Å²) >= 11 is 0. The van der Waals surface area contributed by atoms with E-state index in [0.29, 0.717) is 23.3 Å². The van der Waals surface area contributed by atoms with Crippen molar-refractivity contribution in [2.75, 3.05) is 0 Å². The number of benzene rings is 2. The van der Waals surface area contributed by atoms with Crippen LogP contribution in [0, 0.1) is 12.3 Å². The Kier molecular flexibility index (Phi) is 6.26. The van der Waals surface area contributed by atoms with Crippen LogP contribution in [0.1, 0.15) is 27.9 Å². The summed E-state index contributed by atoms with van der Waals surface area (Å²) in [5.74, 6) is 1.13. The van der Waals surface area contributed by atoms with Gasteiger partial charge in [-0.15, -0.1) is 6.42 Å². The van der Waals surface area contributed by atoms with Crippen molar-refractivity contribution in [3.8, 4) is 23.7 Å². The summed E-state index contributed by atoms with van der Waals surface area (Å²) in [4.78, 5) is 19.8. The Labute approximate surface area is 183 Å². The maximum absolute atomic E-state index is 13.2. The molecular weight excluding hydrogens is 448 g/mol. The molecule has 0 saturated heterocycles. The van der Waals surface area contributed by atoms with Crippen molar-refractivity contribution < 1.29 is 31.1 Å². The number of nitrogens with zero attached hydrogens (tertiary/aromatic N) is 2. The smallest absolute Gasteiger partial charge is 0.366 e. The molecule has 0 radical (unpaired) electrons. The molecule has 3 rings (SSSR count). The maximum Gasteiger partial charge on any atom is 0.416 e. The molecule has 1 heterocycles. The predicted octanol–water partition coefficient (Wildman–Crippen LogP) is 5.19. The molecule has 0 saturated carbocycles. The first kappa shape index (κ1) is 23.5. The molecule has 33 heavy (non-hydrogen) atoms. The third-order valence-electron chi connectivity index (χ3n) is 4.45. The SMILES string of the molecule is C#Cc1ccccc1/C(=C\c1ccnc(-c2cc(C(F)(F)F)cc(C(F)(F)F)c2)n1)C(N)=O. The number of alkyl halides is 6. The number of terminal acetylenes is 1. The van der Waals surface area contributed by atoms with E-state index in [2.05, 4.69) is 15.9 Å². The molecule has 3 aromatic rings. The van der Waals surface area contributed by atoms with Gasteiger partial charge in [0.2, 0.25) is 5.91 Å². The van der Waals surface area contributed by atoms with Gasteiger partial charge in [0.15, 0.2) is 5.82 Å². The number of amides is 1. The normalized spacial score (nSPS) is 12.3. The fourth-order valence-corrected chi connectivity index (χ4v) is 2.95. The predicted molar refractivity (Wildman–Crippen MR) is 109 cm³/mol. The summed E-state index contributed by atoms with van der Waals surface area (Å²) in [6.07, 6.45) is -2.25. The first-order valence-electron chi connectivity index (χ1n) is 9.10. The van der Waals surface area contributed by atoms with E-state index >= 15 is 0 Å². The molecule has 2 aromatic carbocycles. The molecule has 0 aliphatic carbocycles. The van der Waals surface area contributed by atoms with Gasteiger partial charge in [0.1, 0.15) is 0 Å². The van der Waals surface area contributed by atoms with Crippen molar-refractivity contribution in [2.45, 2.75) is 12.4 Å². The van der Waals surface area contributed by atoms with Gasteiger partial charge in [0, 0.05) is 28.5 Å². The van der Waals surface area contributed by atoms with Crippen LogP contribution < -0.4 is 5.73 Å². The fourth-order valence-electron chi connectivity index (χ4n) is 2.95. The van der Waals surface area contributed by atoms with Gasteiger partial charge in [0.25, 0.3) is 0 Å². The zero-order valence-electron chi connectivity index (χ0n) is 16.5. The maximum atomic E-state index is 13.2. The van der Waals surface area contributed by atoms with Gasteiger partial charge in [-0.1, -0.05) is 24.1 Å². The van der Waals surface area contributed by atoms with E-state index in [0.717, 1.165) is 6.20 Å². The lowest BCUT2D eigenvalue weighted by Crippen LogP contribution is -2.14. The topological polar surface area (TPSA) is 68.9 Å². The Morgan fingerprint density at radius 2 is 1.58 bits per heavy atom. The molecule has 1 aromatic heterocycles. The van der Waals surface area contributed by atoms with E-state index in [1.54, 1.807) is 18.2 Å². The summed E-state index contributed by atoms with van der Waals surface area (Å²) < 4.78 is 79.0. The monoisotopic (exact) mass is 461 g/mol. The van der Waals surface area contributed by atoms with Gasteiger partial charge in [-0.25, -0.2) is 9.97 Å². The average Bonchev–Trinajstić information content (AvgIpc) is 2.76. The van der Waals surface area contributed by atoms with E-state index in [4.69, 9.17) is 12.2 Å². The van der Waals surface area contributed by atoms with Gasteiger partial charge < -0.3 is 5.73 Å². The van der Waals surface area contributed by atoms with Crippen LogP contribution in [0.25, 0.3) is 23.0 Å². The van der Waals surface area contributed by atoms with Crippen molar-refractivity contribution in [3.05, 3.63) is 82.7 Å². The lowest BCUT2D eigenvalue weighted by molar-refractivity contribution is -0.143. The highest BCUT2D eigenvalue weighted by Crippen LogP contribution is 2.38. The van der Waals surface area contributed by atoms with Crippen LogP contribution in [0.4, 0.5) is 26.3 Å². The molecule has 168 valence electrons. The molecule has 0 aliphatic rings. The molecule has 0 bridgehead atoms. The number of halogens is 6. The second-order valence-electron chi connectivity index (χ2n) is 6.71. The Morgan fingerprint density at radius 1 is 0.970 bits per heavy atom. The lowest BCUT2D eigenvalue weighted by Gasteiger charge is -2.14. The molecule has 10 heteroatoms. The molecule has 1 amide bonds. The second kappa shape index (κ2) is 8.78. The number of nitrogens with two attached hydrogens (primary N) is 1. The van der Waals surface area contributed by atoms with Crippen LogP contribution in [0.2, 0.25) is 0 Å². The van der Waals surface area contributed by atoms with Gasteiger partial charge in [-0.2, -0.15) is 26.3 Å². The van der Waals surface area contributed by atoms with Crippen molar-refractivity contribution in [1.29, 1.82) is 0 Å². The summed E-state index contributed by atoms with van der Waals surface area (Å²) in [7, 11) is 0. The van der Waals surface area contributed by atoms with E-state index < -0.39 is 40.8 Å². The molecule has 0 fully saturated rings. The number of hydrogen-bond donors (Lipinski definition) is 1. The summed E-state index contributed by atoms with van der Waals surface area (Å²) in [6, 6.07) is 8.71. The van der Waals surface area contributed by atoms with Crippen LogP contribution >= 0.6 is 0 Å². The van der Waals surface area contributed by atoms with E-state index in [-0.39, 0.29) is 17.3 Å². The third-order valence-corrected chi connectivity index (χ3v) is 4.45. The molecule has 4 nitrogen and oxygen atoms in total. The Hall–Kier alpha value is -4.13. The van der Waals surface area contributed by atoms with Crippen LogP contribution in [0.5, 0.6) is 0 Å². The molecule has 0 spiro atoms. The summed E-state index contributed by atoms with van der Waals surface area (Å²) in [6.45, 7) is 0. The summed E-state index contributed by atoms with van der Waals surface area (Å²) in [5.41, 5.74) is 2.58. The Bertz CT molecular complexity index is 1250. The van der Waals surface area contributed by atoms with Crippen LogP contribution in [-0.2, 0) is 17.1 Å². The number of aromatic nitrogens is 2. The lowest BCUT2D eigenvalue weighted by atomic mass is 9.98.